The van der Waals surface area contributed by atoms with Crippen LogP contribution in [0.15, 0.2) is 16.6 Å². The lowest BCUT2D eigenvalue weighted by Crippen LogP contribution is -2.41. The van der Waals surface area contributed by atoms with E-state index in [9.17, 15) is 23.1 Å². The largest absolute Gasteiger partial charge is 0.505 e. The van der Waals surface area contributed by atoms with E-state index in [1.807, 2.05) is 0 Å². The van der Waals surface area contributed by atoms with E-state index in [2.05, 4.69) is 20.7 Å². The zero-order chi connectivity index (χ0) is 14.8. The molecule has 19 heavy (non-hydrogen) atoms. The first-order valence-corrected chi connectivity index (χ1v) is 6.00. The molecule has 3 N–H and O–H groups in total. The van der Waals surface area contributed by atoms with Gasteiger partial charge in [-0.25, -0.2) is 9.18 Å². The van der Waals surface area contributed by atoms with Gasteiger partial charge in [0.15, 0.2) is 11.6 Å². The van der Waals surface area contributed by atoms with Crippen molar-refractivity contribution in [1.29, 1.82) is 0 Å². The molecular formula is C11H11BrF3NO3. The summed E-state index contributed by atoms with van der Waals surface area (Å²) in [6.07, 6.45) is 0. The van der Waals surface area contributed by atoms with Crippen molar-refractivity contribution in [1.82, 2.24) is 0 Å². The Morgan fingerprint density at radius 2 is 2.16 bits per heavy atom. The van der Waals surface area contributed by atoms with E-state index >= 15 is 0 Å². The van der Waals surface area contributed by atoms with Crippen molar-refractivity contribution >= 4 is 21.9 Å². The van der Waals surface area contributed by atoms with Crippen molar-refractivity contribution in [3.05, 3.63) is 28.0 Å². The number of benzene rings is 1. The first-order valence-electron chi connectivity index (χ1n) is 5.20. The molecule has 8 heteroatoms. The van der Waals surface area contributed by atoms with Crippen LogP contribution in [-0.2, 0) is 9.53 Å². The van der Waals surface area contributed by atoms with E-state index in [1.54, 1.807) is 0 Å². The molecule has 1 atom stereocenters. The van der Waals surface area contributed by atoms with Crippen LogP contribution >= 0.6 is 15.9 Å². The molecule has 0 aliphatic heterocycles. The molecule has 0 saturated carbocycles. The number of phenols is 1. The Balaban J connectivity index is 3.16. The highest BCUT2D eigenvalue weighted by Gasteiger charge is 2.48. The van der Waals surface area contributed by atoms with Crippen molar-refractivity contribution < 1.29 is 27.8 Å². The lowest BCUT2D eigenvalue weighted by Gasteiger charge is -2.22. The number of nitrogens with two attached hydrogens (primary N) is 1. The van der Waals surface area contributed by atoms with E-state index in [-0.39, 0.29) is 11.1 Å². The van der Waals surface area contributed by atoms with Crippen LogP contribution in [0, 0.1) is 5.82 Å². The van der Waals surface area contributed by atoms with Crippen LogP contribution in [0.1, 0.15) is 18.5 Å². The number of rotatable bonds is 4. The van der Waals surface area contributed by atoms with E-state index < -0.39 is 35.1 Å². The molecule has 0 fully saturated rings. The Labute approximate surface area is 115 Å². The van der Waals surface area contributed by atoms with Gasteiger partial charge >= 0.3 is 11.9 Å². The van der Waals surface area contributed by atoms with Gasteiger partial charge in [0.1, 0.15) is 6.04 Å². The lowest BCUT2D eigenvalue weighted by molar-refractivity contribution is -0.174. The third kappa shape index (κ3) is 3.01. The normalized spacial score (nSPS) is 13.2. The Morgan fingerprint density at radius 3 is 2.68 bits per heavy atom. The summed E-state index contributed by atoms with van der Waals surface area (Å²) >= 11 is 2.78. The van der Waals surface area contributed by atoms with Crippen molar-refractivity contribution in [2.24, 2.45) is 5.73 Å². The molecule has 4 nitrogen and oxygen atoms in total. The molecule has 0 bridgehead atoms. The van der Waals surface area contributed by atoms with Crippen molar-refractivity contribution in [3.63, 3.8) is 0 Å². The SMILES string of the molecule is CCOC(=O)C(F)(F)[C@@H](N)c1ccc(Br)c(F)c1O. The third-order valence-electron chi connectivity index (χ3n) is 2.37. The maximum atomic E-state index is 13.7. The van der Waals surface area contributed by atoms with E-state index in [0.29, 0.717) is 0 Å². The monoisotopic (exact) mass is 341 g/mol. The first kappa shape index (κ1) is 15.8. The minimum absolute atomic E-state index is 0.111. The second-order valence-corrected chi connectivity index (χ2v) is 4.47. The Morgan fingerprint density at radius 1 is 1.58 bits per heavy atom. The van der Waals surface area contributed by atoms with Gasteiger partial charge in [-0.05, 0) is 28.9 Å². The molecular weight excluding hydrogens is 331 g/mol. The van der Waals surface area contributed by atoms with Crippen LogP contribution in [0.3, 0.4) is 0 Å². The quantitative estimate of drug-likeness (QED) is 0.825. The van der Waals surface area contributed by atoms with Crippen molar-refractivity contribution in [2.45, 2.75) is 18.9 Å². The molecule has 0 spiro atoms. The van der Waals surface area contributed by atoms with Crippen molar-refractivity contribution in [3.8, 4) is 5.75 Å². The van der Waals surface area contributed by atoms with E-state index in [1.165, 1.54) is 6.92 Å². The second-order valence-electron chi connectivity index (χ2n) is 3.62. The van der Waals surface area contributed by atoms with Crippen LogP contribution < -0.4 is 5.73 Å². The number of halogens is 4. The number of phenolic OH excluding ortho intramolecular Hbond substituents is 1. The van der Waals surface area contributed by atoms with Gasteiger partial charge in [-0.1, -0.05) is 6.07 Å². The summed E-state index contributed by atoms with van der Waals surface area (Å²) in [6.45, 7) is 1.11. The van der Waals surface area contributed by atoms with Crippen LogP contribution in [0.2, 0.25) is 0 Å². The van der Waals surface area contributed by atoms with Crippen LogP contribution in [0.4, 0.5) is 13.2 Å². The lowest BCUT2D eigenvalue weighted by atomic mass is 10.00. The highest BCUT2D eigenvalue weighted by atomic mass is 79.9. The summed E-state index contributed by atoms with van der Waals surface area (Å²) in [6, 6.07) is -0.111. The Bertz CT molecular complexity index is 496. The van der Waals surface area contributed by atoms with Gasteiger partial charge in [0.25, 0.3) is 0 Å². The maximum absolute atomic E-state index is 13.7. The number of hydrogen-bond donors (Lipinski definition) is 2. The standard InChI is InChI=1S/C11H11BrF3NO3/c1-2-19-10(18)11(14,15)9(16)5-3-4-6(12)7(13)8(5)17/h3-4,9,17H,2,16H2,1H3/t9-/m0/s1. The number of alkyl halides is 2. The topological polar surface area (TPSA) is 72.5 Å². The van der Waals surface area contributed by atoms with Gasteiger partial charge in [0.2, 0.25) is 0 Å². The van der Waals surface area contributed by atoms with Gasteiger partial charge in [0, 0.05) is 5.56 Å². The fourth-order valence-corrected chi connectivity index (χ4v) is 1.68. The van der Waals surface area contributed by atoms with Crippen LogP contribution in [0.25, 0.3) is 0 Å². The van der Waals surface area contributed by atoms with Crippen LogP contribution in [-0.4, -0.2) is 23.6 Å². The fraction of sp³-hybridized carbons (Fsp3) is 0.364. The number of ether oxygens (including phenoxy) is 1. The molecule has 106 valence electrons. The predicted molar refractivity (Wildman–Crippen MR) is 64.3 cm³/mol. The number of carbonyl (C=O) groups is 1. The summed E-state index contributed by atoms with van der Waals surface area (Å²) in [5, 5.41) is 9.45. The number of carbonyl (C=O) groups excluding carboxylic acids is 1. The predicted octanol–water partition coefficient (Wildman–Crippen LogP) is 2.49. The minimum Gasteiger partial charge on any atom is -0.505 e. The number of esters is 1. The van der Waals surface area contributed by atoms with Crippen LogP contribution in [0.5, 0.6) is 5.75 Å². The smallest absolute Gasteiger partial charge is 0.379 e. The van der Waals surface area contributed by atoms with E-state index in [4.69, 9.17) is 5.73 Å². The number of hydrogen-bond acceptors (Lipinski definition) is 4. The van der Waals surface area contributed by atoms with Crippen molar-refractivity contribution in [2.75, 3.05) is 6.61 Å². The average Bonchev–Trinajstić information content (AvgIpc) is 2.35. The summed E-state index contributed by atoms with van der Waals surface area (Å²) in [4.78, 5) is 11.1. The molecule has 0 saturated heterocycles. The zero-order valence-electron chi connectivity index (χ0n) is 9.79. The Hall–Kier alpha value is -1.28. The van der Waals surface area contributed by atoms with E-state index in [0.717, 1.165) is 12.1 Å². The Kier molecular flexibility index (Phi) is 4.81. The molecule has 0 aromatic heterocycles. The molecule has 0 radical (unpaired) electrons. The maximum Gasteiger partial charge on any atom is 0.379 e. The summed E-state index contributed by atoms with van der Waals surface area (Å²) in [5.41, 5.74) is 4.65. The molecule has 1 aromatic carbocycles. The highest BCUT2D eigenvalue weighted by Crippen LogP contribution is 2.38. The minimum atomic E-state index is -4.08. The highest BCUT2D eigenvalue weighted by molar-refractivity contribution is 9.10. The van der Waals surface area contributed by atoms with Gasteiger partial charge in [-0.2, -0.15) is 8.78 Å². The van der Waals surface area contributed by atoms with Gasteiger partial charge in [0.05, 0.1) is 11.1 Å². The molecule has 0 amide bonds. The first-order chi connectivity index (χ1) is 8.73. The second kappa shape index (κ2) is 5.79. The third-order valence-corrected chi connectivity index (χ3v) is 2.99. The molecule has 1 rings (SSSR count). The summed E-state index contributed by atoms with van der Waals surface area (Å²) in [7, 11) is 0. The molecule has 0 aliphatic carbocycles. The zero-order valence-corrected chi connectivity index (χ0v) is 11.4. The number of aromatic hydroxyl groups is 1. The molecule has 0 heterocycles. The van der Waals surface area contributed by atoms with Gasteiger partial charge in [-0.3, -0.25) is 0 Å². The molecule has 0 aliphatic rings. The molecule has 0 unspecified atom stereocenters. The fourth-order valence-electron chi connectivity index (χ4n) is 1.36. The summed E-state index contributed by atoms with van der Waals surface area (Å²) < 4.78 is 44.8. The average molecular weight is 342 g/mol. The van der Waals surface area contributed by atoms with Gasteiger partial charge < -0.3 is 15.6 Å². The summed E-state index contributed by atoms with van der Waals surface area (Å²) in [5.74, 6) is -8.07. The van der Waals surface area contributed by atoms with Gasteiger partial charge in [-0.15, -0.1) is 0 Å². The molecule has 1 aromatic rings.